The van der Waals surface area contributed by atoms with E-state index >= 15 is 0 Å². The monoisotopic (exact) mass is 339 g/mol. The summed E-state index contributed by atoms with van der Waals surface area (Å²) in [5.41, 5.74) is 2.11. The Labute approximate surface area is 142 Å². The van der Waals surface area contributed by atoms with Crippen molar-refractivity contribution in [3.05, 3.63) is 16.4 Å². The van der Waals surface area contributed by atoms with Gasteiger partial charge in [0, 0.05) is 51.4 Å². The number of nitrogens with zero attached hydrogens (tertiary/aromatic N) is 4. The second kappa shape index (κ2) is 6.79. The number of nitrogens with one attached hydrogen (secondary N) is 1. The SMILES string of the molecule is Cc1nn(C)c(Cl)c1CN1CCN(C(C)C(=O)NC2CC2)CC1. The van der Waals surface area contributed by atoms with Crippen molar-refractivity contribution in [3.8, 4) is 0 Å². The Morgan fingerprint density at radius 3 is 2.52 bits per heavy atom. The highest BCUT2D eigenvalue weighted by molar-refractivity contribution is 6.30. The Kier molecular flexibility index (Phi) is 4.94. The molecule has 1 aliphatic heterocycles. The molecule has 1 aliphatic carbocycles. The fourth-order valence-electron chi connectivity index (χ4n) is 3.10. The van der Waals surface area contributed by atoms with Crippen molar-refractivity contribution in [1.29, 1.82) is 0 Å². The van der Waals surface area contributed by atoms with Gasteiger partial charge in [0.05, 0.1) is 11.7 Å². The van der Waals surface area contributed by atoms with Crippen LogP contribution in [0.25, 0.3) is 0 Å². The first-order chi connectivity index (χ1) is 11.0. The first-order valence-electron chi connectivity index (χ1n) is 8.40. The van der Waals surface area contributed by atoms with Crippen molar-refractivity contribution >= 4 is 17.5 Å². The van der Waals surface area contributed by atoms with Gasteiger partial charge < -0.3 is 5.32 Å². The van der Waals surface area contributed by atoms with Crippen LogP contribution in [0.15, 0.2) is 0 Å². The summed E-state index contributed by atoms with van der Waals surface area (Å²) in [6.45, 7) is 8.57. The second-order valence-electron chi connectivity index (χ2n) is 6.75. The van der Waals surface area contributed by atoms with Gasteiger partial charge in [0.15, 0.2) is 0 Å². The number of carbonyl (C=O) groups excluding carboxylic acids is 1. The fraction of sp³-hybridized carbons (Fsp3) is 0.750. The van der Waals surface area contributed by atoms with Crippen molar-refractivity contribution in [2.24, 2.45) is 7.05 Å². The first kappa shape index (κ1) is 16.7. The van der Waals surface area contributed by atoms with Gasteiger partial charge in [-0.25, -0.2) is 0 Å². The molecule has 0 spiro atoms. The van der Waals surface area contributed by atoms with E-state index < -0.39 is 0 Å². The number of hydrogen-bond donors (Lipinski definition) is 1. The van der Waals surface area contributed by atoms with Crippen LogP contribution in [0.5, 0.6) is 0 Å². The van der Waals surface area contributed by atoms with E-state index in [2.05, 4.69) is 20.2 Å². The summed E-state index contributed by atoms with van der Waals surface area (Å²) in [7, 11) is 1.87. The van der Waals surface area contributed by atoms with Crippen LogP contribution in [-0.4, -0.2) is 63.8 Å². The number of aryl methyl sites for hydroxylation is 2. The van der Waals surface area contributed by atoms with E-state index in [1.807, 2.05) is 20.9 Å². The fourth-order valence-corrected chi connectivity index (χ4v) is 3.34. The maximum atomic E-state index is 12.2. The van der Waals surface area contributed by atoms with Crippen molar-refractivity contribution in [2.75, 3.05) is 26.2 Å². The zero-order chi connectivity index (χ0) is 16.6. The van der Waals surface area contributed by atoms with Crippen LogP contribution in [0.2, 0.25) is 5.15 Å². The molecule has 3 rings (SSSR count). The lowest BCUT2D eigenvalue weighted by molar-refractivity contribution is -0.126. The Balaban J connectivity index is 1.50. The van der Waals surface area contributed by atoms with Gasteiger partial charge in [0.2, 0.25) is 5.91 Å². The van der Waals surface area contributed by atoms with Gasteiger partial charge in [-0.2, -0.15) is 5.10 Å². The minimum absolute atomic E-state index is 0.0403. The van der Waals surface area contributed by atoms with Gasteiger partial charge in [0.25, 0.3) is 0 Å². The lowest BCUT2D eigenvalue weighted by Crippen LogP contribution is -2.53. The molecule has 1 atom stereocenters. The third kappa shape index (κ3) is 3.87. The molecule has 0 radical (unpaired) electrons. The predicted octanol–water partition coefficient (Wildman–Crippen LogP) is 1.17. The second-order valence-corrected chi connectivity index (χ2v) is 7.11. The van der Waals surface area contributed by atoms with Crippen molar-refractivity contribution in [3.63, 3.8) is 0 Å². The number of amides is 1. The summed E-state index contributed by atoms with van der Waals surface area (Å²) in [5, 5.41) is 8.19. The van der Waals surface area contributed by atoms with Crippen LogP contribution < -0.4 is 5.32 Å². The van der Waals surface area contributed by atoms with E-state index in [0.717, 1.165) is 62.0 Å². The van der Waals surface area contributed by atoms with Gasteiger partial charge in [-0.3, -0.25) is 19.3 Å². The molecule has 1 unspecified atom stereocenters. The van der Waals surface area contributed by atoms with Crippen LogP contribution in [0.1, 0.15) is 31.0 Å². The number of halogens is 1. The zero-order valence-corrected chi connectivity index (χ0v) is 14.9. The number of rotatable bonds is 5. The molecule has 1 amide bonds. The molecule has 1 N–H and O–H groups in total. The average Bonchev–Trinajstić information content (AvgIpc) is 3.31. The number of aromatic nitrogens is 2. The van der Waals surface area contributed by atoms with Crippen molar-refractivity contribution in [2.45, 2.75) is 45.3 Å². The quantitative estimate of drug-likeness (QED) is 0.875. The standard InChI is InChI=1S/C16H26ClN5O/c1-11-14(15(17)20(3)19-11)10-21-6-8-22(9-7-21)12(2)16(23)18-13-4-5-13/h12-13H,4-10H2,1-3H3,(H,18,23). The van der Waals surface area contributed by atoms with Crippen LogP contribution >= 0.6 is 11.6 Å². The molecular formula is C16H26ClN5O. The first-order valence-corrected chi connectivity index (χ1v) is 8.78. The Bertz CT molecular complexity index is 575. The van der Waals surface area contributed by atoms with Crippen LogP contribution in [-0.2, 0) is 18.4 Å². The molecule has 7 heteroatoms. The molecule has 2 aliphatic rings. The normalized spacial score (nSPS) is 21.4. The maximum absolute atomic E-state index is 12.2. The lowest BCUT2D eigenvalue weighted by Gasteiger charge is -2.37. The molecule has 1 aromatic heterocycles. The summed E-state index contributed by atoms with van der Waals surface area (Å²) in [6.07, 6.45) is 2.27. The minimum Gasteiger partial charge on any atom is -0.352 e. The van der Waals surface area contributed by atoms with E-state index in [9.17, 15) is 4.79 Å². The van der Waals surface area contributed by atoms with Crippen LogP contribution in [0, 0.1) is 6.92 Å². The van der Waals surface area contributed by atoms with E-state index in [-0.39, 0.29) is 11.9 Å². The van der Waals surface area contributed by atoms with Gasteiger partial charge >= 0.3 is 0 Å². The van der Waals surface area contributed by atoms with E-state index in [1.54, 1.807) is 4.68 Å². The highest BCUT2D eigenvalue weighted by Gasteiger charge is 2.30. The summed E-state index contributed by atoms with van der Waals surface area (Å²) in [6, 6.07) is 0.392. The molecular weight excluding hydrogens is 314 g/mol. The third-order valence-electron chi connectivity index (χ3n) is 4.91. The summed E-state index contributed by atoms with van der Waals surface area (Å²) >= 11 is 6.32. The molecule has 1 aromatic rings. The summed E-state index contributed by atoms with van der Waals surface area (Å²) in [5.74, 6) is 0.173. The Hall–Kier alpha value is -1.11. The minimum atomic E-state index is -0.0403. The molecule has 128 valence electrons. The Morgan fingerprint density at radius 1 is 1.35 bits per heavy atom. The Morgan fingerprint density at radius 2 is 2.00 bits per heavy atom. The molecule has 23 heavy (non-hydrogen) atoms. The highest BCUT2D eigenvalue weighted by Crippen LogP contribution is 2.22. The maximum Gasteiger partial charge on any atom is 0.237 e. The van der Waals surface area contributed by atoms with Gasteiger partial charge in [0.1, 0.15) is 5.15 Å². The van der Waals surface area contributed by atoms with E-state index in [1.165, 1.54) is 0 Å². The van der Waals surface area contributed by atoms with E-state index in [0.29, 0.717) is 6.04 Å². The van der Waals surface area contributed by atoms with Crippen LogP contribution in [0.4, 0.5) is 0 Å². The predicted molar refractivity (Wildman–Crippen MR) is 90.4 cm³/mol. The molecule has 0 aromatic carbocycles. The van der Waals surface area contributed by atoms with E-state index in [4.69, 9.17) is 11.6 Å². The highest BCUT2D eigenvalue weighted by atomic mass is 35.5. The number of hydrogen-bond acceptors (Lipinski definition) is 4. The van der Waals surface area contributed by atoms with Gasteiger partial charge in [-0.15, -0.1) is 0 Å². The number of piperazine rings is 1. The molecule has 1 saturated carbocycles. The average molecular weight is 340 g/mol. The third-order valence-corrected chi connectivity index (χ3v) is 5.38. The van der Waals surface area contributed by atoms with Crippen molar-refractivity contribution in [1.82, 2.24) is 24.9 Å². The molecule has 2 heterocycles. The zero-order valence-electron chi connectivity index (χ0n) is 14.2. The molecule has 1 saturated heterocycles. The summed E-state index contributed by atoms with van der Waals surface area (Å²) in [4.78, 5) is 16.8. The van der Waals surface area contributed by atoms with Gasteiger partial charge in [-0.1, -0.05) is 11.6 Å². The summed E-state index contributed by atoms with van der Waals surface area (Å²) < 4.78 is 1.73. The van der Waals surface area contributed by atoms with Crippen LogP contribution in [0.3, 0.4) is 0 Å². The smallest absolute Gasteiger partial charge is 0.237 e. The molecule has 0 bridgehead atoms. The van der Waals surface area contributed by atoms with Crippen molar-refractivity contribution < 1.29 is 4.79 Å². The molecule has 2 fully saturated rings. The molecule has 6 nitrogen and oxygen atoms in total. The van der Waals surface area contributed by atoms with Gasteiger partial charge in [-0.05, 0) is 26.7 Å². The topological polar surface area (TPSA) is 53.4 Å². The number of carbonyl (C=O) groups is 1. The lowest BCUT2D eigenvalue weighted by atomic mass is 10.2. The largest absolute Gasteiger partial charge is 0.352 e.